The lowest BCUT2D eigenvalue weighted by atomic mass is 10.2. The van der Waals surface area contributed by atoms with E-state index < -0.39 is 6.61 Å². The van der Waals surface area contributed by atoms with E-state index in [9.17, 15) is 13.6 Å². The molecule has 0 radical (unpaired) electrons. The quantitative estimate of drug-likeness (QED) is 0.775. The van der Waals surface area contributed by atoms with Crippen LogP contribution in [0.15, 0.2) is 18.2 Å². The summed E-state index contributed by atoms with van der Waals surface area (Å²) in [6, 6.07) is 4.76. The molecule has 122 valence electrons. The molecule has 1 aromatic rings. The van der Waals surface area contributed by atoms with Crippen molar-refractivity contribution in [2.24, 2.45) is 11.8 Å². The van der Waals surface area contributed by atoms with Crippen LogP contribution in [0.25, 0.3) is 0 Å². The van der Waals surface area contributed by atoms with Gasteiger partial charge in [0.05, 0.1) is 6.61 Å². The van der Waals surface area contributed by atoms with Crippen LogP contribution in [0.2, 0.25) is 0 Å². The fraction of sp³-hybridized carbons (Fsp3) is 0.562. The molecule has 1 aliphatic carbocycles. The molecule has 6 heteroatoms. The second-order valence-corrected chi connectivity index (χ2v) is 5.61. The topological polar surface area (TPSA) is 38.8 Å². The predicted octanol–water partition coefficient (Wildman–Crippen LogP) is 3.30. The summed E-state index contributed by atoms with van der Waals surface area (Å²) < 4.78 is 34.5. The number of amides is 1. The Kier molecular flexibility index (Phi) is 5.21. The highest BCUT2D eigenvalue weighted by Gasteiger charge is 2.40. The number of ether oxygens (including phenoxy) is 2. The van der Waals surface area contributed by atoms with E-state index in [2.05, 4.69) is 11.7 Å². The molecule has 2 atom stereocenters. The van der Waals surface area contributed by atoms with Crippen LogP contribution >= 0.6 is 0 Å². The van der Waals surface area contributed by atoms with Gasteiger partial charge in [-0.05, 0) is 37.0 Å². The highest BCUT2D eigenvalue weighted by Crippen LogP contribution is 2.39. The number of carbonyl (C=O) groups excluding carboxylic acids is 1. The first-order chi connectivity index (χ1) is 10.4. The summed E-state index contributed by atoms with van der Waals surface area (Å²) >= 11 is 0. The molecule has 2 rings (SSSR count). The lowest BCUT2D eigenvalue weighted by Gasteiger charge is -2.19. The van der Waals surface area contributed by atoms with Gasteiger partial charge in [0.15, 0.2) is 11.5 Å². The van der Waals surface area contributed by atoms with Crippen LogP contribution in [0.3, 0.4) is 0 Å². The van der Waals surface area contributed by atoms with Crippen molar-refractivity contribution < 1.29 is 23.0 Å². The van der Waals surface area contributed by atoms with Gasteiger partial charge in [0, 0.05) is 19.5 Å². The minimum absolute atomic E-state index is 0.00500. The zero-order valence-corrected chi connectivity index (χ0v) is 13.0. The molecule has 0 heterocycles. The monoisotopic (exact) mass is 313 g/mol. The number of halogens is 2. The smallest absolute Gasteiger partial charge is 0.387 e. The van der Waals surface area contributed by atoms with E-state index in [0.717, 1.165) is 12.0 Å². The number of alkyl halides is 2. The maximum absolute atomic E-state index is 12.4. The lowest BCUT2D eigenvalue weighted by Crippen LogP contribution is -2.28. The van der Waals surface area contributed by atoms with E-state index in [-0.39, 0.29) is 23.3 Å². The van der Waals surface area contributed by atoms with Gasteiger partial charge < -0.3 is 14.4 Å². The molecule has 1 fully saturated rings. The zero-order chi connectivity index (χ0) is 16.3. The molecule has 2 unspecified atom stereocenters. The molecule has 1 aliphatic rings. The van der Waals surface area contributed by atoms with Gasteiger partial charge in [-0.1, -0.05) is 13.0 Å². The van der Waals surface area contributed by atoms with Gasteiger partial charge >= 0.3 is 6.61 Å². The third-order valence-corrected chi connectivity index (χ3v) is 3.75. The summed E-state index contributed by atoms with van der Waals surface area (Å²) in [6.45, 7) is 1.68. The number of benzene rings is 1. The Hall–Kier alpha value is -1.85. The molecule has 0 bridgehead atoms. The van der Waals surface area contributed by atoms with Crippen LogP contribution in [0.1, 0.15) is 25.8 Å². The molecule has 0 aromatic heterocycles. The highest BCUT2D eigenvalue weighted by atomic mass is 19.3. The van der Waals surface area contributed by atoms with Crippen LogP contribution in [0, 0.1) is 11.8 Å². The largest absolute Gasteiger partial charge is 0.490 e. The summed E-state index contributed by atoms with van der Waals surface area (Å²) in [5.74, 6) is 0.971. The molecular formula is C16H21F2NO3. The number of carbonyl (C=O) groups is 1. The van der Waals surface area contributed by atoms with Gasteiger partial charge in [0.2, 0.25) is 5.91 Å². The summed E-state index contributed by atoms with van der Waals surface area (Å²) in [6.07, 6.45) is 0.939. The van der Waals surface area contributed by atoms with Crippen LogP contribution < -0.4 is 9.47 Å². The summed E-state index contributed by atoms with van der Waals surface area (Å²) in [5.41, 5.74) is 0.814. The van der Waals surface area contributed by atoms with Crippen LogP contribution in [-0.4, -0.2) is 31.1 Å². The van der Waals surface area contributed by atoms with E-state index in [4.69, 9.17) is 4.74 Å². The van der Waals surface area contributed by atoms with Crippen molar-refractivity contribution in [2.45, 2.75) is 33.4 Å². The van der Waals surface area contributed by atoms with Crippen molar-refractivity contribution in [1.82, 2.24) is 4.90 Å². The average Bonchev–Trinajstić information content (AvgIpc) is 3.17. The molecule has 1 saturated carbocycles. The second-order valence-electron chi connectivity index (χ2n) is 5.61. The van der Waals surface area contributed by atoms with Crippen molar-refractivity contribution in [3.05, 3.63) is 23.8 Å². The third kappa shape index (κ3) is 4.08. The normalized spacial score (nSPS) is 19.9. The lowest BCUT2D eigenvalue weighted by molar-refractivity contribution is -0.132. The Morgan fingerprint density at radius 3 is 2.64 bits per heavy atom. The van der Waals surface area contributed by atoms with Crippen molar-refractivity contribution in [3.63, 3.8) is 0 Å². The summed E-state index contributed by atoms with van der Waals surface area (Å²) in [7, 11) is 1.75. The minimum atomic E-state index is -2.90. The maximum Gasteiger partial charge on any atom is 0.387 e. The average molecular weight is 313 g/mol. The van der Waals surface area contributed by atoms with Gasteiger partial charge in [-0.15, -0.1) is 0 Å². The molecule has 4 nitrogen and oxygen atoms in total. The van der Waals surface area contributed by atoms with Crippen LogP contribution in [0.4, 0.5) is 8.78 Å². The summed E-state index contributed by atoms with van der Waals surface area (Å²) in [4.78, 5) is 13.8. The molecular weight excluding hydrogens is 292 g/mol. The van der Waals surface area contributed by atoms with E-state index in [1.807, 2.05) is 0 Å². The standard InChI is InChI=1S/C16H21F2NO3/c1-4-21-14-8-11(5-6-13(14)22-16(17)18)9-19(3)15(20)12-7-10(12)2/h5-6,8,10,12,16H,4,7,9H2,1-3H3. The van der Waals surface area contributed by atoms with E-state index in [1.165, 1.54) is 6.07 Å². The van der Waals surface area contributed by atoms with Crippen molar-refractivity contribution >= 4 is 5.91 Å². The predicted molar refractivity (Wildman–Crippen MR) is 78.0 cm³/mol. The van der Waals surface area contributed by atoms with E-state index in [1.54, 1.807) is 31.0 Å². The first kappa shape index (κ1) is 16.5. The van der Waals surface area contributed by atoms with Gasteiger partial charge in [0.25, 0.3) is 0 Å². The van der Waals surface area contributed by atoms with Gasteiger partial charge in [-0.3, -0.25) is 4.79 Å². The molecule has 0 saturated heterocycles. The fourth-order valence-corrected chi connectivity index (χ4v) is 2.41. The zero-order valence-electron chi connectivity index (χ0n) is 13.0. The van der Waals surface area contributed by atoms with Crippen LogP contribution in [0.5, 0.6) is 11.5 Å². The SMILES string of the molecule is CCOc1cc(CN(C)C(=O)C2CC2C)ccc1OC(F)F. The molecule has 1 aromatic carbocycles. The summed E-state index contributed by atoms with van der Waals surface area (Å²) in [5, 5.41) is 0. The fourth-order valence-electron chi connectivity index (χ4n) is 2.41. The molecule has 1 amide bonds. The van der Waals surface area contributed by atoms with Crippen molar-refractivity contribution in [3.8, 4) is 11.5 Å². The molecule has 0 N–H and O–H groups in total. The highest BCUT2D eigenvalue weighted by molar-refractivity contribution is 5.81. The Morgan fingerprint density at radius 2 is 2.09 bits per heavy atom. The van der Waals surface area contributed by atoms with Crippen molar-refractivity contribution in [2.75, 3.05) is 13.7 Å². The number of rotatable bonds is 7. The Morgan fingerprint density at radius 1 is 1.41 bits per heavy atom. The first-order valence-electron chi connectivity index (χ1n) is 7.37. The van der Waals surface area contributed by atoms with Crippen LogP contribution in [-0.2, 0) is 11.3 Å². The second kappa shape index (κ2) is 6.94. The van der Waals surface area contributed by atoms with Gasteiger partial charge in [-0.25, -0.2) is 0 Å². The number of hydrogen-bond acceptors (Lipinski definition) is 3. The Labute approximate surface area is 129 Å². The Bertz CT molecular complexity index is 536. The van der Waals surface area contributed by atoms with E-state index in [0.29, 0.717) is 19.1 Å². The minimum Gasteiger partial charge on any atom is -0.490 e. The number of hydrogen-bond donors (Lipinski definition) is 0. The van der Waals surface area contributed by atoms with Crippen molar-refractivity contribution in [1.29, 1.82) is 0 Å². The Balaban J connectivity index is 2.07. The van der Waals surface area contributed by atoms with E-state index >= 15 is 0 Å². The maximum atomic E-state index is 12.4. The molecule has 22 heavy (non-hydrogen) atoms. The molecule has 0 aliphatic heterocycles. The third-order valence-electron chi connectivity index (χ3n) is 3.75. The molecule has 0 spiro atoms. The van der Waals surface area contributed by atoms with Gasteiger partial charge in [-0.2, -0.15) is 8.78 Å². The number of nitrogens with zero attached hydrogens (tertiary/aromatic N) is 1. The first-order valence-corrected chi connectivity index (χ1v) is 7.37. The van der Waals surface area contributed by atoms with Gasteiger partial charge in [0.1, 0.15) is 0 Å².